The van der Waals surface area contributed by atoms with Crippen LogP contribution in [0, 0.1) is 0 Å². The standard InChI is InChI=1S/C23H22O12/c1-8(24)33-7-16-19(29)21(31)22(32)23(35-16)18-13(28)6-15-17(20(18)30)12(27)5-14(34-15)9-2-3-10(25)11(26)4-9/h2-6,16,19,21-23,25-26,28-32H,7H2,1H3/t16-,19-,21+,22-,23+/m1/s1. The van der Waals surface area contributed by atoms with Gasteiger partial charge >= 0.3 is 5.97 Å². The van der Waals surface area contributed by atoms with E-state index < -0.39 is 71.3 Å². The van der Waals surface area contributed by atoms with Gasteiger partial charge in [0.25, 0.3) is 0 Å². The molecule has 1 fully saturated rings. The molecule has 186 valence electrons. The summed E-state index contributed by atoms with van der Waals surface area (Å²) in [4.78, 5) is 24.0. The van der Waals surface area contributed by atoms with Crippen molar-refractivity contribution in [1.82, 2.24) is 0 Å². The third-order valence-electron chi connectivity index (χ3n) is 5.72. The molecule has 12 nitrogen and oxygen atoms in total. The molecule has 0 amide bonds. The van der Waals surface area contributed by atoms with Crippen molar-refractivity contribution in [2.45, 2.75) is 37.4 Å². The van der Waals surface area contributed by atoms with E-state index in [-0.39, 0.29) is 28.0 Å². The summed E-state index contributed by atoms with van der Waals surface area (Å²) in [6, 6.07) is 5.70. The van der Waals surface area contributed by atoms with E-state index in [0.29, 0.717) is 0 Å². The van der Waals surface area contributed by atoms with E-state index in [1.807, 2.05) is 0 Å². The van der Waals surface area contributed by atoms with Crippen LogP contribution in [0.5, 0.6) is 23.0 Å². The Morgan fingerprint density at radius 1 is 0.943 bits per heavy atom. The molecule has 0 aliphatic carbocycles. The predicted octanol–water partition coefficient (Wildman–Crippen LogP) is 0.368. The van der Waals surface area contributed by atoms with Crippen molar-refractivity contribution in [2.75, 3.05) is 6.61 Å². The van der Waals surface area contributed by atoms with Gasteiger partial charge in [-0.25, -0.2) is 0 Å². The van der Waals surface area contributed by atoms with Crippen LogP contribution in [0.25, 0.3) is 22.3 Å². The van der Waals surface area contributed by atoms with Gasteiger partial charge in [0, 0.05) is 24.6 Å². The van der Waals surface area contributed by atoms with E-state index in [2.05, 4.69) is 0 Å². The van der Waals surface area contributed by atoms with Crippen molar-refractivity contribution >= 4 is 16.9 Å². The van der Waals surface area contributed by atoms with E-state index in [0.717, 1.165) is 25.1 Å². The van der Waals surface area contributed by atoms with E-state index in [4.69, 9.17) is 13.9 Å². The first-order valence-corrected chi connectivity index (χ1v) is 10.4. The quantitative estimate of drug-likeness (QED) is 0.195. The summed E-state index contributed by atoms with van der Waals surface area (Å²) in [5.41, 5.74) is -1.24. The second-order valence-corrected chi connectivity index (χ2v) is 8.08. The topological polar surface area (TPSA) is 207 Å². The molecule has 4 rings (SSSR count). The number of hydrogen-bond acceptors (Lipinski definition) is 12. The maximum Gasteiger partial charge on any atom is 0.302 e. The molecule has 0 unspecified atom stereocenters. The number of hydrogen-bond donors (Lipinski definition) is 7. The number of benzene rings is 2. The lowest BCUT2D eigenvalue weighted by Gasteiger charge is -2.40. The van der Waals surface area contributed by atoms with Gasteiger partial charge in [-0.3, -0.25) is 9.59 Å². The van der Waals surface area contributed by atoms with Crippen molar-refractivity contribution in [1.29, 1.82) is 0 Å². The summed E-state index contributed by atoms with van der Waals surface area (Å²) in [6.45, 7) is 0.628. The van der Waals surface area contributed by atoms with Crippen LogP contribution in [-0.2, 0) is 14.3 Å². The lowest BCUT2D eigenvalue weighted by Crippen LogP contribution is -2.55. The smallest absolute Gasteiger partial charge is 0.302 e. The van der Waals surface area contributed by atoms with Gasteiger partial charge in [0.05, 0.1) is 5.56 Å². The molecule has 2 aromatic carbocycles. The van der Waals surface area contributed by atoms with Crippen LogP contribution in [0.15, 0.2) is 39.5 Å². The summed E-state index contributed by atoms with van der Waals surface area (Å²) >= 11 is 0. The highest BCUT2D eigenvalue weighted by molar-refractivity contribution is 5.88. The molecule has 0 bridgehead atoms. The van der Waals surface area contributed by atoms with E-state index in [1.165, 1.54) is 12.1 Å². The fourth-order valence-electron chi connectivity index (χ4n) is 3.93. The maximum atomic E-state index is 12.9. The van der Waals surface area contributed by atoms with Crippen molar-refractivity contribution in [3.8, 4) is 34.3 Å². The van der Waals surface area contributed by atoms with Gasteiger partial charge in [0.15, 0.2) is 16.9 Å². The number of aliphatic hydroxyl groups is 3. The lowest BCUT2D eigenvalue weighted by molar-refractivity contribution is -0.234. The third-order valence-corrected chi connectivity index (χ3v) is 5.72. The van der Waals surface area contributed by atoms with Crippen molar-refractivity contribution in [3.05, 3.63) is 46.1 Å². The zero-order valence-corrected chi connectivity index (χ0v) is 18.2. The van der Waals surface area contributed by atoms with Gasteiger partial charge in [-0.15, -0.1) is 0 Å². The van der Waals surface area contributed by atoms with E-state index >= 15 is 0 Å². The summed E-state index contributed by atoms with van der Waals surface area (Å²) in [6.07, 6.45) is -8.23. The largest absolute Gasteiger partial charge is 0.507 e. The SMILES string of the molecule is CC(=O)OC[C@H]1O[C@@H](c2c(O)cc3oc(-c4ccc(O)c(O)c4)cc(=O)c3c2O)[C@H](O)[C@@H](O)[C@@H]1O. The Kier molecular flexibility index (Phi) is 6.30. The van der Waals surface area contributed by atoms with Gasteiger partial charge < -0.3 is 49.6 Å². The number of aromatic hydroxyl groups is 4. The number of rotatable bonds is 4. The highest BCUT2D eigenvalue weighted by Gasteiger charge is 2.46. The van der Waals surface area contributed by atoms with Gasteiger partial charge in [-0.05, 0) is 18.2 Å². The minimum absolute atomic E-state index is 0.0432. The zero-order valence-electron chi connectivity index (χ0n) is 18.2. The Labute approximate surface area is 196 Å². The Morgan fingerprint density at radius 3 is 2.31 bits per heavy atom. The van der Waals surface area contributed by atoms with Crippen LogP contribution >= 0.6 is 0 Å². The molecule has 0 saturated carbocycles. The van der Waals surface area contributed by atoms with Crippen molar-refractivity contribution in [3.63, 3.8) is 0 Å². The van der Waals surface area contributed by atoms with Crippen LogP contribution in [0.4, 0.5) is 0 Å². The van der Waals surface area contributed by atoms with E-state index in [9.17, 15) is 45.3 Å². The monoisotopic (exact) mass is 490 g/mol. The number of phenols is 4. The molecular formula is C23H22O12. The lowest BCUT2D eigenvalue weighted by atomic mass is 9.89. The molecule has 3 aromatic rings. The number of ether oxygens (including phenoxy) is 2. The fourth-order valence-corrected chi connectivity index (χ4v) is 3.93. The summed E-state index contributed by atoms with van der Waals surface area (Å²) in [5.74, 6) is -3.04. The molecule has 0 radical (unpaired) electrons. The first-order chi connectivity index (χ1) is 16.5. The Bertz CT molecular complexity index is 1350. The highest BCUT2D eigenvalue weighted by atomic mass is 16.6. The van der Waals surface area contributed by atoms with Crippen molar-refractivity contribution in [2.24, 2.45) is 0 Å². The molecule has 7 N–H and O–H groups in total. The molecule has 35 heavy (non-hydrogen) atoms. The van der Waals surface area contributed by atoms with Crippen LogP contribution < -0.4 is 5.43 Å². The molecule has 12 heteroatoms. The average molecular weight is 490 g/mol. The third kappa shape index (κ3) is 4.35. The summed E-state index contributed by atoms with van der Waals surface area (Å²) < 4.78 is 16.0. The number of aliphatic hydroxyl groups excluding tert-OH is 3. The highest BCUT2D eigenvalue weighted by Crippen LogP contribution is 2.44. The number of phenolic OH excluding ortho intramolecular Hbond substituents is 4. The van der Waals surface area contributed by atoms with Gasteiger partial charge in [-0.1, -0.05) is 0 Å². The summed E-state index contributed by atoms with van der Waals surface area (Å²) in [7, 11) is 0. The van der Waals surface area contributed by atoms with Crippen LogP contribution in [0.3, 0.4) is 0 Å². The number of esters is 1. The average Bonchev–Trinajstić information content (AvgIpc) is 2.79. The number of carbonyl (C=O) groups excluding carboxylic acids is 1. The van der Waals surface area contributed by atoms with Crippen molar-refractivity contribution < 1.29 is 54.4 Å². The fraction of sp³-hybridized carbons (Fsp3) is 0.304. The van der Waals surface area contributed by atoms with Crippen LogP contribution in [0.1, 0.15) is 18.6 Å². The Balaban J connectivity index is 1.80. The second kappa shape index (κ2) is 9.07. The zero-order chi connectivity index (χ0) is 25.6. The van der Waals surface area contributed by atoms with Gasteiger partial charge in [0.2, 0.25) is 0 Å². The molecule has 0 spiro atoms. The minimum Gasteiger partial charge on any atom is -0.507 e. The molecule has 1 aromatic heterocycles. The molecule has 1 aliphatic rings. The molecular weight excluding hydrogens is 468 g/mol. The molecule has 2 heterocycles. The molecule has 1 aliphatic heterocycles. The number of carbonyl (C=O) groups is 1. The molecule has 1 saturated heterocycles. The first kappa shape index (κ1) is 24.3. The maximum absolute atomic E-state index is 12.9. The Morgan fingerprint density at radius 2 is 1.66 bits per heavy atom. The van der Waals surface area contributed by atoms with Gasteiger partial charge in [-0.2, -0.15) is 0 Å². The predicted molar refractivity (Wildman–Crippen MR) is 117 cm³/mol. The van der Waals surface area contributed by atoms with E-state index in [1.54, 1.807) is 0 Å². The Hall–Kier alpha value is -3.84. The molecule has 5 atom stereocenters. The summed E-state index contributed by atoms with van der Waals surface area (Å²) in [5, 5.41) is 71.2. The second-order valence-electron chi connectivity index (χ2n) is 8.08. The van der Waals surface area contributed by atoms with Crippen LogP contribution in [-0.4, -0.2) is 72.7 Å². The van der Waals surface area contributed by atoms with Crippen LogP contribution in [0.2, 0.25) is 0 Å². The number of fused-ring (bicyclic) bond motifs is 1. The van der Waals surface area contributed by atoms with Gasteiger partial charge in [0.1, 0.15) is 65.4 Å². The first-order valence-electron chi connectivity index (χ1n) is 10.4. The normalized spacial score (nSPS) is 24.4. The minimum atomic E-state index is -1.83.